The normalized spacial score (nSPS) is 11.9. The Morgan fingerprint density at radius 3 is 2.29 bits per heavy atom. The van der Waals surface area contributed by atoms with Crippen LogP contribution in [0.5, 0.6) is 0 Å². The molecule has 0 aliphatic heterocycles. The highest BCUT2D eigenvalue weighted by atomic mass is 16.2. The van der Waals surface area contributed by atoms with E-state index in [0.717, 1.165) is 0 Å². The first-order chi connectivity index (χ1) is 8.08. The molecule has 4 nitrogen and oxygen atoms in total. The molecule has 1 atom stereocenters. The topological polar surface area (TPSA) is 72.2 Å². The number of ketones is 1. The molecule has 17 heavy (non-hydrogen) atoms. The third-order valence-corrected chi connectivity index (χ3v) is 2.71. The van der Waals surface area contributed by atoms with Crippen LogP contribution in [0.25, 0.3) is 0 Å². The molecule has 0 fully saturated rings. The number of carbonyl (C=O) groups excluding carboxylic acids is 2. The second-order valence-corrected chi connectivity index (χ2v) is 3.96. The Kier molecular flexibility index (Phi) is 4.84. The van der Waals surface area contributed by atoms with Gasteiger partial charge in [-0.25, -0.2) is 0 Å². The monoisotopic (exact) mass is 234 g/mol. The zero-order valence-electron chi connectivity index (χ0n) is 10.2. The lowest BCUT2D eigenvalue weighted by molar-refractivity contribution is -0.119. The second kappa shape index (κ2) is 6.15. The Hall–Kier alpha value is -1.68. The summed E-state index contributed by atoms with van der Waals surface area (Å²) in [5, 5.41) is 2.78. The van der Waals surface area contributed by atoms with Gasteiger partial charge in [-0.15, -0.1) is 0 Å². The van der Waals surface area contributed by atoms with Gasteiger partial charge < -0.3 is 11.1 Å². The molecule has 0 aliphatic rings. The number of nitrogens with one attached hydrogen (secondary N) is 1. The Morgan fingerprint density at radius 1 is 1.29 bits per heavy atom. The van der Waals surface area contributed by atoms with E-state index in [1.165, 1.54) is 6.92 Å². The maximum Gasteiger partial charge on any atom is 0.228 e. The lowest BCUT2D eigenvalue weighted by atomic mass is 10.1. The number of amides is 1. The van der Waals surface area contributed by atoms with Crippen LogP contribution in [0.1, 0.15) is 30.6 Å². The van der Waals surface area contributed by atoms with Gasteiger partial charge in [-0.3, -0.25) is 9.59 Å². The number of benzene rings is 1. The van der Waals surface area contributed by atoms with E-state index in [9.17, 15) is 9.59 Å². The van der Waals surface area contributed by atoms with E-state index in [0.29, 0.717) is 24.2 Å². The van der Waals surface area contributed by atoms with E-state index in [2.05, 4.69) is 5.32 Å². The first-order valence-electron chi connectivity index (χ1n) is 5.70. The van der Waals surface area contributed by atoms with Gasteiger partial charge >= 0.3 is 0 Å². The molecule has 0 aliphatic carbocycles. The van der Waals surface area contributed by atoms with Crippen molar-refractivity contribution < 1.29 is 9.59 Å². The van der Waals surface area contributed by atoms with Gasteiger partial charge in [-0.05, 0) is 37.6 Å². The fourth-order valence-corrected chi connectivity index (χ4v) is 1.49. The van der Waals surface area contributed by atoms with Crippen molar-refractivity contribution >= 4 is 17.4 Å². The summed E-state index contributed by atoms with van der Waals surface area (Å²) in [5.74, 6) is -0.232. The van der Waals surface area contributed by atoms with Crippen molar-refractivity contribution in [2.45, 2.75) is 20.3 Å². The molecule has 0 heterocycles. The first kappa shape index (κ1) is 13.4. The zero-order chi connectivity index (χ0) is 12.8. The van der Waals surface area contributed by atoms with Gasteiger partial charge in [0.15, 0.2) is 5.78 Å². The van der Waals surface area contributed by atoms with E-state index >= 15 is 0 Å². The van der Waals surface area contributed by atoms with Gasteiger partial charge in [-0.1, -0.05) is 6.92 Å². The zero-order valence-corrected chi connectivity index (χ0v) is 10.2. The SMILES string of the molecule is CCC(CN)C(=O)Nc1ccc(C(C)=O)cc1. The summed E-state index contributed by atoms with van der Waals surface area (Å²) in [5.41, 5.74) is 6.82. The molecule has 1 aromatic carbocycles. The fourth-order valence-electron chi connectivity index (χ4n) is 1.49. The summed E-state index contributed by atoms with van der Waals surface area (Å²) < 4.78 is 0. The van der Waals surface area contributed by atoms with Crippen LogP contribution in [0, 0.1) is 5.92 Å². The highest BCUT2D eigenvalue weighted by Gasteiger charge is 2.14. The number of hydrogen-bond acceptors (Lipinski definition) is 3. The lowest BCUT2D eigenvalue weighted by Crippen LogP contribution is -2.28. The van der Waals surface area contributed by atoms with Crippen LogP contribution in [-0.4, -0.2) is 18.2 Å². The summed E-state index contributed by atoms with van der Waals surface area (Å²) in [6.45, 7) is 3.78. The third kappa shape index (κ3) is 3.67. The van der Waals surface area contributed by atoms with E-state index in [-0.39, 0.29) is 17.6 Å². The maximum atomic E-state index is 11.7. The average Bonchev–Trinajstić information content (AvgIpc) is 2.31. The molecular formula is C13H18N2O2. The van der Waals surface area contributed by atoms with Crippen molar-refractivity contribution in [3.63, 3.8) is 0 Å². The van der Waals surface area contributed by atoms with Crippen molar-refractivity contribution in [2.24, 2.45) is 11.7 Å². The van der Waals surface area contributed by atoms with Crippen LogP contribution in [-0.2, 0) is 4.79 Å². The molecule has 1 amide bonds. The van der Waals surface area contributed by atoms with Gasteiger partial charge in [0.25, 0.3) is 0 Å². The number of nitrogens with two attached hydrogens (primary N) is 1. The number of rotatable bonds is 5. The Morgan fingerprint density at radius 2 is 1.88 bits per heavy atom. The molecule has 1 aromatic rings. The summed E-state index contributed by atoms with van der Waals surface area (Å²) in [6.07, 6.45) is 0.716. The van der Waals surface area contributed by atoms with Crippen molar-refractivity contribution in [2.75, 3.05) is 11.9 Å². The standard InChI is InChI=1S/C13H18N2O2/c1-3-10(8-14)13(17)15-12-6-4-11(5-7-12)9(2)16/h4-7,10H,3,8,14H2,1-2H3,(H,15,17). The van der Waals surface area contributed by atoms with Crippen LogP contribution >= 0.6 is 0 Å². The van der Waals surface area contributed by atoms with Gasteiger partial charge in [0.2, 0.25) is 5.91 Å². The molecule has 0 bridgehead atoms. The van der Waals surface area contributed by atoms with Crippen LogP contribution < -0.4 is 11.1 Å². The van der Waals surface area contributed by atoms with Crippen LogP contribution in [0.3, 0.4) is 0 Å². The number of anilines is 1. The van der Waals surface area contributed by atoms with E-state index in [1.807, 2.05) is 6.92 Å². The molecule has 0 spiro atoms. The molecule has 1 rings (SSSR count). The van der Waals surface area contributed by atoms with Gasteiger partial charge in [0.05, 0.1) is 5.92 Å². The summed E-state index contributed by atoms with van der Waals surface area (Å²) in [4.78, 5) is 22.8. The van der Waals surface area contributed by atoms with E-state index < -0.39 is 0 Å². The molecule has 0 saturated carbocycles. The summed E-state index contributed by atoms with van der Waals surface area (Å²) in [7, 11) is 0. The minimum Gasteiger partial charge on any atom is -0.330 e. The second-order valence-electron chi connectivity index (χ2n) is 3.96. The maximum absolute atomic E-state index is 11.7. The van der Waals surface area contributed by atoms with Gasteiger partial charge in [0.1, 0.15) is 0 Å². The van der Waals surface area contributed by atoms with Crippen LogP contribution in [0.4, 0.5) is 5.69 Å². The van der Waals surface area contributed by atoms with E-state index in [4.69, 9.17) is 5.73 Å². The Bertz CT molecular complexity index is 394. The predicted molar refractivity (Wildman–Crippen MR) is 67.9 cm³/mol. The first-order valence-corrected chi connectivity index (χ1v) is 5.70. The van der Waals surface area contributed by atoms with Crippen LogP contribution in [0.15, 0.2) is 24.3 Å². The van der Waals surface area contributed by atoms with Gasteiger partial charge in [0, 0.05) is 17.8 Å². The van der Waals surface area contributed by atoms with Crippen molar-refractivity contribution in [3.05, 3.63) is 29.8 Å². The Labute approximate surface area is 101 Å². The van der Waals surface area contributed by atoms with Crippen molar-refractivity contribution in [1.82, 2.24) is 0 Å². The predicted octanol–water partition coefficient (Wildman–Crippen LogP) is 1.81. The molecule has 92 valence electrons. The molecule has 3 N–H and O–H groups in total. The van der Waals surface area contributed by atoms with Crippen LogP contribution in [0.2, 0.25) is 0 Å². The molecule has 0 aromatic heterocycles. The van der Waals surface area contributed by atoms with E-state index in [1.54, 1.807) is 24.3 Å². The minimum atomic E-state index is -0.164. The average molecular weight is 234 g/mol. The molecule has 1 unspecified atom stereocenters. The van der Waals surface area contributed by atoms with Gasteiger partial charge in [-0.2, -0.15) is 0 Å². The highest BCUT2D eigenvalue weighted by Crippen LogP contribution is 2.12. The number of carbonyl (C=O) groups is 2. The fraction of sp³-hybridized carbons (Fsp3) is 0.385. The Balaban J connectivity index is 2.69. The summed E-state index contributed by atoms with van der Waals surface area (Å²) >= 11 is 0. The molecule has 0 radical (unpaired) electrons. The lowest BCUT2D eigenvalue weighted by Gasteiger charge is -2.12. The largest absolute Gasteiger partial charge is 0.330 e. The summed E-state index contributed by atoms with van der Waals surface area (Å²) in [6, 6.07) is 6.83. The number of Topliss-reactive ketones (excluding diaryl/α,β-unsaturated/α-hetero) is 1. The molecular weight excluding hydrogens is 216 g/mol. The highest BCUT2D eigenvalue weighted by molar-refractivity contribution is 5.96. The molecule has 0 saturated heterocycles. The smallest absolute Gasteiger partial charge is 0.228 e. The minimum absolute atomic E-state index is 0.0104. The van der Waals surface area contributed by atoms with Crippen molar-refractivity contribution in [3.8, 4) is 0 Å². The quantitative estimate of drug-likeness (QED) is 0.763. The number of hydrogen-bond donors (Lipinski definition) is 2. The molecule has 4 heteroatoms. The van der Waals surface area contributed by atoms with Crippen molar-refractivity contribution in [1.29, 1.82) is 0 Å². The third-order valence-electron chi connectivity index (χ3n) is 2.71.